The Hall–Kier alpha value is -2.64. The molecule has 1 atom stereocenters. The lowest BCUT2D eigenvalue weighted by Gasteiger charge is -2.27. The van der Waals surface area contributed by atoms with Crippen molar-refractivity contribution in [2.75, 3.05) is 12.4 Å². The monoisotopic (exact) mass is 288 g/mol. The van der Waals surface area contributed by atoms with Gasteiger partial charge in [-0.15, -0.1) is 0 Å². The fraction of sp³-hybridized carbons (Fsp3) is 0.385. The average molecular weight is 288 g/mol. The number of fused-ring (bicyclic) bond motifs is 1. The van der Waals surface area contributed by atoms with Gasteiger partial charge in [-0.25, -0.2) is 9.48 Å². The minimum atomic E-state index is -0.389. The quantitative estimate of drug-likeness (QED) is 0.843. The van der Waals surface area contributed by atoms with Crippen LogP contribution < -0.4 is 5.32 Å². The van der Waals surface area contributed by atoms with Crippen LogP contribution >= 0.6 is 0 Å². The summed E-state index contributed by atoms with van der Waals surface area (Å²) in [5.41, 5.74) is 2.18. The Kier molecular flexibility index (Phi) is 3.20. The molecule has 2 aromatic rings. The van der Waals surface area contributed by atoms with Gasteiger partial charge in [-0.05, 0) is 6.42 Å². The number of hydrogen-bond donors (Lipinski definition) is 1. The van der Waals surface area contributed by atoms with Crippen molar-refractivity contribution >= 4 is 11.9 Å². The summed E-state index contributed by atoms with van der Waals surface area (Å²) >= 11 is 0. The van der Waals surface area contributed by atoms with Crippen molar-refractivity contribution < 1.29 is 9.53 Å². The normalized spacial score (nSPS) is 17.4. The number of hydrogen-bond acceptors (Lipinski definition) is 6. The van der Waals surface area contributed by atoms with E-state index in [2.05, 4.69) is 20.5 Å². The van der Waals surface area contributed by atoms with Crippen LogP contribution in [0.2, 0.25) is 0 Å². The third-order valence-corrected chi connectivity index (χ3v) is 3.48. The summed E-state index contributed by atoms with van der Waals surface area (Å²) < 4.78 is 8.30. The lowest BCUT2D eigenvalue weighted by atomic mass is 9.97. The fourth-order valence-corrected chi connectivity index (χ4v) is 2.53. The fourth-order valence-electron chi connectivity index (χ4n) is 2.53. The van der Waals surface area contributed by atoms with E-state index in [1.165, 1.54) is 13.4 Å². The highest BCUT2D eigenvalue weighted by Crippen LogP contribution is 2.35. The highest BCUT2D eigenvalue weighted by Gasteiger charge is 2.35. The molecule has 1 aliphatic heterocycles. The van der Waals surface area contributed by atoms with Gasteiger partial charge in [0.1, 0.15) is 12.4 Å². The van der Waals surface area contributed by atoms with Crippen LogP contribution in [0.25, 0.3) is 0 Å². The molecule has 21 heavy (non-hydrogen) atoms. The van der Waals surface area contributed by atoms with Crippen LogP contribution in [-0.2, 0) is 16.6 Å². The van der Waals surface area contributed by atoms with E-state index < -0.39 is 0 Å². The van der Waals surface area contributed by atoms with Crippen LogP contribution in [0.1, 0.15) is 24.9 Å². The van der Waals surface area contributed by atoms with Gasteiger partial charge >= 0.3 is 5.97 Å². The Bertz CT molecular complexity index is 714. The van der Waals surface area contributed by atoms with Crippen molar-refractivity contribution in [3.63, 3.8) is 0 Å². The lowest BCUT2D eigenvalue weighted by Crippen LogP contribution is -2.29. The van der Waals surface area contributed by atoms with Crippen LogP contribution in [0.4, 0.5) is 5.95 Å². The smallest absolute Gasteiger partial charge is 0.338 e. The van der Waals surface area contributed by atoms with E-state index in [1.54, 1.807) is 15.6 Å². The van der Waals surface area contributed by atoms with Crippen molar-refractivity contribution in [1.29, 1.82) is 0 Å². The molecular weight excluding hydrogens is 272 g/mol. The summed E-state index contributed by atoms with van der Waals surface area (Å²) in [6.07, 6.45) is 5.70. The zero-order valence-corrected chi connectivity index (χ0v) is 12.1. The van der Waals surface area contributed by atoms with Crippen LogP contribution in [0.5, 0.6) is 0 Å². The molecule has 3 rings (SSSR count). The number of nitrogens with zero attached hydrogens (tertiary/aromatic N) is 5. The first-order chi connectivity index (χ1) is 10.2. The van der Waals surface area contributed by atoms with Gasteiger partial charge in [-0.1, -0.05) is 6.92 Å². The Labute approximate surface area is 121 Å². The van der Waals surface area contributed by atoms with Crippen molar-refractivity contribution in [1.82, 2.24) is 24.5 Å². The predicted octanol–water partition coefficient (Wildman–Crippen LogP) is 0.864. The first kappa shape index (κ1) is 13.3. The number of allylic oxidation sites excluding steroid dienone is 1. The van der Waals surface area contributed by atoms with E-state index in [1.807, 2.05) is 20.2 Å². The highest BCUT2D eigenvalue weighted by molar-refractivity contribution is 5.92. The van der Waals surface area contributed by atoms with E-state index in [9.17, 15) is 4.79 Å². The molecule has 0 unspecified atom stereocenters. The number of aromatic nitrogens is 5. The van der Waals surface area contributed by atoms with Crippen LogP contribution in [0.3, 0.4) is 0 Å². The molecule has 1 N–H and O–H groups in total. The molecule has 1 aliphatic rings. The molecular formula is C13H16N6O2. The number of carbonyl (C=O) groups excluding carboxylic acids is 1. The molecule has 0 aliphatic carbocycles. The first-order valence-electron chi connectivity index (χ1n) is 6.62. The third-order valence-electron chi connectivity index (χ3n) is 3.48. The summed E-state index contributed by atoms with van der Waals surface area (Å²) in [6.45, 7) is 1.97. The maximum atomic E-state index is 12.2. The summed E-state index contributed by atoms with van der Waals surface area (Å²) in [4.78, 5) is 16.4. The molecule has 0 spiro atoms. The molecule has 0 saturated heterocycles. The standard InChI is InChI=1S/C13H16N6O2/c1-4-9-10(12(20)21-3)11(8-5-15-18(2)6-8)19-13(17-9)14-7-16-19/h5-7,11H,4H2,1-3H3,(H,14,16,17)/t11-/m0/s1. The number of methoxy groups -OCH3 is 1. The number of ether oxygens (including phenoxy) is 1. The molecule has 0 radical (unpaired) electrons. The van der Waals surface area contributed by atoms with Gasteiger partial charge in [0.15, 0.2) is 0 Å². The maximum Gasteiger partial charge on any atom is 0.338 e. The Morgan fingerprint density at radius 1 is 1.48 bits per heavy atom. The molecule has 0 amide bonds. The number of carbonyl (C=O) groups is 1. The van der Waals surface area contributed by atoms with Gasteiger partial charge in [0.2, 0.25) is 5.95 Å². The van der Waals surface area contributed by atoms with Crippen LogP contribution in [0, 0.1) is 0 Å². The highest BCUT2D eigenvalue weighted by atomic mass is 16.5. The van der Waals surface area contributed by atoms with Gasteiger partial charge in [-0.2, -0.15) is 15.2 Å². The molecule has 8 heteroatoms. The number of esters is 1. The Morgan fingerprint density at radius 3 is 2.90 bits per heavy atom. The molecule has 3 heterocycles. The Balaban J connectivity index is 2.20. The van der Waals surface area contributed by atoms with Crippen molar-refractivity contribution in [3.8, 4) is 0 Å². The average Bonchev–Trinajstić information content (AvgIpc) is 3.12. The minimum absolute atomic E-state index is 0.380. The largest absolute Gasteiger partial charge is 0.466 e. The summed E-state index contributed by atoms with van der Waals surface area (Å²) in [6, 6.07) is -0.389. The summed E-state index contributed by atoms with van der Waals surface area (Å²) in [5.74, 6) is 0.225. The predicted molar refractivity (Wildman–Crippen MR) is 74.3 cm³/mol. The van der Waals surface area contributed by atoms with E-state index in [-0.39, 0.29) is 12.0 Å². The van der Waals surface area contributed by atoms with Crippen LogP contribution in [-0.4, -0.2) is 37.6 Å². The third kappa shape index (κ3) is 2.08. The second-order valence-corrected chi connectivity index (χ2v) is 4.74. The topological polar surface area (TPSA) is 86.9 Å². The molecule has 8 nitrogen and oxygen atoms in total. The van der Waals surface area contributed by atoms with E-state index in [4.69, 9.17) is 4.74 Å². The van der Waals surface area contributed by atoms with Crippen molar-refractivity contribution in [2.45, 2.75) is 19.4 Å². The Morgan fingerprint density at radius 2 is 2.29 bits per heavy atom. The maximum absolute atomic E-state index is 12.2. The number of aryl methyl sites for hydroxylation is 1. The second-order valence-electron chi connectivity index (χ2n) is 4.74. The molecule has 0 fully saturated rings. The number of nitrogens with one attached hydrogen (secondary N) is 1. The SMILES string of the molecule is CCC1=C(C(=O)OC)[C@H](c2cnn(C)c2)n2ncnc2N1. The second kappa shape index (κ2) is 5.04. The molecule has 0 bridgehead atoms. The number of rotatable bonds is 3. The van der Waals surface area contributed by atoms with Crippen molar-refractivity contribution in [2.24, 2.45) is 7.05 Å². The van der Waals surface area contributed by atoms with Gasteiger partial charge in [0, 0.05) is 24.5 Å². The summed E-state index contributed by atoms with van der Waals surface area (Å²) in [7, 11) is 3.20. The number of anilines is 1. The molecule has 2 aromatic heterocycles. The molecule has 0 saturated carbocycles. The zero-order chi connectivity index (χ0) is 15.0. The zero-order valence-electron chi connectivity index (χ0n) is 12.1. The van der Waals surface area contributed by atoms with Gasteiger partial charge in [0.25, 0.3) is 0 Å². The summed E-state index contributed by atoms with van der Waals surface area (Å²) in [5, 5.41) is 11.5. The minimum Gasteiger partial charge on any atom is -0.466 e. The van der Waals surface area contributed by atoms with E-state index in [0.29, 0.717) is 17.9 Å². The van der Waals surface area contributed by atoms with Gasteiger partial charge < -0.3 is 10.1 Å². The van der Waals surface area contributed by atoms with Crippen molar-refractivity contribution in [3.05, 3.63) is 35.6 Å². The van der Waals surface area contributed by atoms with Crippen LogP contribution in [0.15, 0.2) is 30.0 Å². The van der Waals surface area contributed by atoms with E-state index in [0.717, 1.165) is 11.3 Å². The van der Waals surface area contributed by atoms with E-state index >= 15 is 0 Å². The molecule has 110 valence electrons. The molecule has 0 aromatic carbocycles. The van der Waals surface area contributed by atoms with Gasteiger partial charge in [-0.3, -0.25) is 4.68 Å². The first-order valence-corrected chi connectivity index (χ1v) is 6.62. The lowest BCUT2D eigenvalue weighted by molar-refractivity contribution is -0.136. The van der Waals surface area contributed by atoms with Gasteiger partial charge in [0.05, 0.1) is 18.9 Å².